The van der Waals surface area contributed by atoms with Gasteiger partial charge in [0.05, 0.1) is 5.39 Å². The first-order chi connectivity index (χ1) is 14.1. The fourth-order valence-electron chi connectivity index (χ4n) is 2.95. The van der Waals surface area contributed by atoms with Crippen LogP contribution in [0.5, 0.6) is 17.2 Å². The van der Waals surface area contributed by atoms with Crippen LogP contribution in [-0.4, -0.2) is 0 Å². The lowest BCUT2D eigenvalue weighted by molar-refractivity contribution is 0.300. The Labute approximate surface area is 167 Å². The Morgan fingerprint density at radius 3 is 2.48 bits per heavy atom. The number of fused-ring (bicyclic) bond motifs is 1. The molecule has 4 aromatic rings. The maximum atomic E-state index is 13.7. The van der Waals surface area contributed by atoms with E-state index >= 15 is 0 Å². The number of halogens is 1. The second-order valence-corrected chi connectivity index (χ2v) is 6.57. The topological polar surface area (TPSA) is 48.7 Å². The summed E-state index contributed by atoms with van der Waals surface area (Å²) in [6.45, 7) is 2.15. The number of aryl methyl sites for hydroxylation is 1. The van der Waals surface area contributed by atoms with Gasteiger partial charge in [0.25, 0.3) is 0 Å². The van der Waals surface area contributed by atoms with Crippen LogP contribution in [0.1, 0.15) is 18.1 Å². The maximum absolute atomic E-state index is 13.7. The van der Waals surface area contributed by atoms with Crippen molar-refractivity contribution in [3.8, 4) is 17.2 Å². The minimum atomic E-state index is -0.325. The van der Waals surface area contributed by atoms with Crippen LogP contribution in [-0.2, 0) is 13.0 Å². The van der Waals surface area contributed by atoms with Gasteiger partial charge in [-0.1, -0.05) is 37.3 Å². The molecule has 0 spiro atoms. The van der Waals surface area contributed by atoms with Gasteiger partial charge < -0.3 is 13.9 Å². The van der Waals surface area contributed by atoms with Crippen LogP contribution in [0.25, 0.3) is 11.0 Å². The Bertz CT molecular complexity index is 1200. The van der Waals surface area contributed by atoms with Gasteiger partial charge in [-0.3, -0.25) is 4.79 Å². The van der Waals surface area contributed by atoms with E-state index in [9.17, 15) is 9.18 Å². The summed E-state index contributed by atoms with van der Waals surface area (Å²) >= 11 is 0. The Kier molecular flexibility index (Phi) is 5.29. The van der Waals surface area contributed by atoms with Crippen molar-refractivity contribution in [1.82, 2.24) is 0 Å². The molecule has 0 amide bonds. The zero-order valence-corrected chi connectivity index (χ0v) is 15.9. The van der Waals surface area contributed by atoms with Gasteiger partial charge in [-0.25, -0.2) is 4.39 Å². The summed E-state index contributed by atoms with van der Waals surface area (Å²) in [5.41, 5.74) is 1.74. The van der Waals surface area contributed by atoms with E-state index in [1.165, 1.54) is 17.9 Å². The van der Waals surface area contributed by atoms with E-state index in [1.807, 2.05) is 24.3 Å². The summed E-state index contributed by atoms with van der Waals surface area (Å²) in [7, 11) is 0. The zero-order valence-electron chi connectivity index (χ0n) is 15.9. The van der Waals surface area contributed by atoms with Gasteiger partial charge in [0, 0.05) is 11.6 Å². The molecule has 0 saturated carbocycles. The lowest BCUT2D eigenvalue weighted by Gasteiger charge is -2.09. The molecule has 29 heavy (non-hydrogen) atoms. The minimum absolute atomic E-state index is 0.0807. The predicted octanol–water partition coefficient (Wildman–Crippen LogP) is 5.87. The third-order valence-electron chi connectivity index (χ3n) is 4.63. The summed E-state index contributed by atoms with van der Waals surface area (Å²) in [5, 5.41) is 0.380. The third-order valence-corrected chi connectivity index (χ3v) is 4.63. The van der Waals surface area contributed by atoms with Gasteiger partial charge in [0.1, 0.15) is 35.8 Å². The van der Waals surface area contributed by atoms with Gasteiger partial charge in [0.2, 0.25) is 11.2 Å². The van der Waals surface area contributed by atoms with Crippen LogP contribution in [0, 0.1) is 5.82 Å². The van der Waals surface area contributed by atoms with Crippen molar-refractivity contribution < 1.29 is 18.3 Å². The lowest BCUT2D eigenvalue weighted by atomic mass is 10.2. The fourth-order valence-corrected chi connectivity index (χ4v) is 2.95. The molecule has 0 aliphatic carbocycles. The first kappa shape index (κ1) is 18.7. The van der Waals surface area contributed by atoms with Gasteiger partial charge in [-0.05, 0) is 42.3 Å². The molecule has 5 heteroatoms. The highest BCUT2D eigenvalue weighted by molar-refractivity contribution is 5.79. The summed E-state index contributed by atoms with van der Waals surface area (Å²) in [5.74, 6) is 0.835. The van der Waals surface area contributed by atoms with Gasteiger partial charge in [-0.2, -0.15) is 0 Å². The standard InChI is InChI=1S/C24H19FO4/c1-2-16-7-9-18(10-8-16)29-23-15-28-22-13-19(11-12-20(22)24(23)26)27-14-17-5-3-4-6-21(17)25/h3-13,15H,2,14H2,1H3. The summed E-state index contributed by atoms with van der Waals surface area (Å²) < 4.78 is 30.6. The Hall–Kier alpha value is -3.60. The smallest absolute Gasteiger partial charge is 0.235 e. The van der Waals surface area contributed by atoms with Crippen LogP contribution in [0.15, 0.2) is 82.2 Å². The normalized spacial score (nSPS) is 10.8. The number of hydrogen-bond acceptors (Lipinski definition) is 4. The van der Waals surface area contributed by atoms with E-state index < -0.39 is 0 Å². The van der Waals surface area contributed by atoms with Crippen molar-refractivity contribution in [2.75, 3.05) is 0 Å². The monoisotopic (exact) mass is 390 g/mol. The molecule has 0 aliphatic rings. The van der Waals surface area contributed by atoms with E-state index in [0.717, 1.165) is 6.42 Å². The molecule has 0 N–H and O–H groups in total. The average molecular weight is 390 g/mol. The number of ether oxygens (including phenoxy) is 2. The van der Waals surface area contributed by atoms with Gasteiger partial charge in [0.15, 0.2) is 0 Å². The molecule has 0 unspecified atom stereocenters. The fraction of sp³-hybridized carbons (Fsp3) is 0.125. The van der Waals surface area contributed by atoms with Crippen molar-refractivity contribution in [2.24, 2.45) is 0 Å². The highest BCUT2D eigenvalue weighted by Gasteiger charge is 2.11. The van der Waals surface area contributed by atoms with E-state index in [0.29, 0.717) is 28.0 Å². The van der Waals surface area contributed by atoms with E-state index in [2.05, 4.69) is 6.92 Å². The summed E-state index contributed by atoms with van der Waals surface area (Å²) in [4.78, 5) is 12.7. The molecule has 0 bridgehead atoms. The van der Waals surface area contributed by atoms with E-state index in [1.54, 1.807) is 36.4 Å². The molecule has 0 radical (unpaired) electrons. The molecular formula is C24H19FO4. The first-order valence-electron chi connectivity index (χ1n) is 9.32. The molecule has 0 fully saturated rings. The minimum Gasteiger partial charge on any atom is -0.489 e. The van der Waals surface area contributed by atoms with Crippen LogP contribution < -0.4 is 14.9 Å². The second kappa shape index (κ2) is 8.19. The molecule has 1 heterocycles. The van der Waals surface area contributed by atoms with Crippen molar-refractivity contribution in [2.45, 2.75) is 20.0 Å². The first-order valence-corrected chi connectivity index (χ1v) is 9.32. The van der Waals surface area contributed by atoms with Gasteiger partial charge >= 0.3 is 0 Å². The molecule has 0 aliphatic heterocycles. The highest BCUT2D eigenvalue weighted by atomic mass is 19.1. The number of hydrogen-bond donors (Lipinski definition) is 0. The zero-order chi connectivity index (χ0) is 20.2. The van der Waals surface area contributed by atoms with Crippen molar-refractivity contribution in [1.29, 1.82) is 0 Å². The van der Waals surface area contributed by atoms with Crippen molar-refractivity contribution >= 4 is 11.0 Å². The maximum Gasteiger partial charge on any atom is 0.235 e. The Morgan fingerprint density at radius 2 is 1.72 bits per heavy atom. The molecule has 0 atom stereocenters. The van der Waals surface area contributed by atoms with Crippen LogP contribution >= 0.6 is 0 Å². The van der Waals surface area contributed by atoms with Crippen molar-refractivity contribution in [3.63, 3.8) is 0 Å². The summed E-state index contributed by atoms with van der Waals surface area (Å²) in [6.07, 6.45) is 2.22. The molecule has 146 valence electrons. The van der Waals surface area contributed by atoms with E-state index in [4.69, 9.17) is 13.9 Å². The molecule has 4 nitrogen and oxygen atoms in total. The Morgan fingerprint density at radius 1 is 0.966 bits per heavy atom. The Balaban J connectivity index is 1.54. The van der Waals surface area contributed by atoms with Crippen LogP contribution in [0.4, 0.5) is 4.39 Å². The third kappa shape index (κ3) is 4.14. The summed E-state index contributed by atoms with van der Waals surface area (Å²) in [6, 6.07) is 18.9. The van der Waals surface area contributed by atoms with E-state index in [-0.39, 0.29) is 23.6 Å². The quantitative estimate of drug-likeness (QED) is 0.413. The molecule has 3 aromatic carbocycles. The predicted molar refractivity (Wildman–Crippen MR) is 109 cm³/mol. The average Bonchev–Trinajstić information content (AvgIpc) is 2.75. The van der Waals surface area contributed by atoms with Gasteiger partial charge in [-0.15, -0.1) is 0 Å². The largest absolute Gasteiger partial charge is 0.489 e. The SMILES string of the molecule is CCc1ccc(Oc2coc3cc(OCc4ccccc4F)ccc3c2=O)cc1. The van der Waals surface area contributed by atoms with Crippen LogP contribution in [0.3, 0.4) is 0 Å². The van der Waals surface area contributed by atoms with Crippen LogP contribution in [0.2, 0.25) is 0 Å². The highest BCUT2D eigenvalue weighted by Crippen LogP contribution is 2.25. The second-order valence-electron chi connectivity index (χ2n) is 6.57. The number of benzene rings is 3. The lowest BCUT2D eigenvalue weighted by Crippen LogP contribution is -2.05. The number of rotatable bonds is 6. The molecule has 0 saturated heterocycles. The molecule has 4 rings (SSSR count). The molecular weight excluding hydrogens is 371 g/mol. The molecule has 1 aromatic heterocycles. The van der Waals surface area contributed by atoms with Crippen molar-refractivity contribution in [3.05, 3.63) is 100 Å².